The number of carbonyl (C=O) groups is 1. The molecule has 0 saturated carbocycles. The Balaban J connectivity index is 1.35. The molecule has 1 aliphatic heterocycles. The Labute approximate surface area is 170 Å². The molecule has 0 spiro atoms. The van der Waals surface area contributed by atoms with Gasteiger partial charge in [-0.2, -0.15) is 10.1 Å². The molecule has 150 valence electrons. The van der Waals surface area contributed by atoms with E-state index in [2.05, 4.69) is 25.3 Å². The largest absolute Gasteiger partial charge is 0.352 e. The summed E-state index contributed by atoms with van der Waals surface area (Å²) in [6, 6.07) is 7.72. The Morgan fingerprint density at radius 1 is 1.21 bits per heavy atom. The fourth-order valence-corrected chi connectivity index (χ4v) is 3.65. The number of hydrogen-bond acceptors (Lipinski definition) is 6. The van der Waals surface area contributed by atoms with Gasteiger partial charge in [0.25, 0.3) is 0 Å². The van der Waals surface area contributed by atoms with E-state index in [4.69, 9.17) is 4.98 Å². The lowest BCUT2D eigenvalue weighted by Crippen LogP contribution is -2.41. The number of aryl methyl sites for hydroxylation is 2. The van der Waals surface area contributed by atoms with Crippen molar-refractivity contribution >= 4 is 11.9 Å². The zero-order valence-corrected chi connectivity index (χ0v) is 16.7. The van der Waals surface area contributed by atoms with Crippen molar-refractivity contribution in [2.45, 2.75) is 33.2 Å². The Kier molecular flexibility index (Phi) is 5.50. The molecule has 0 aromatic carbocycles. The molecule has 29 heavy (non-hydrogen) atoms. The molecular formula is C21H25N7O. The van der Waals surface area contributed by atoms with Crippen LogP contribution in [0.5, 0.6) is 0 Å². The van der Waals surface area contributed by atoms with E-state index in [0.717, 1.165) is 48.7 Å². The van der Waals surface area contributed by atoms with Crippen molar-refractivity contribution in [1.29, 1.82) is 0 Å². The lowest BCUT2D eigenvalue weighted by atomic mass is 9.96. The van der Waals surface area contributed by atoms with Crippen LogP contribution in [0.4, 0.5) is 5.95 Å². The van der Waals surface area contributed by atoms with Gasteiger partial charge >= 0.3 is 0 Å². The minimum absolute atomic E-state index is 0.0158. The number of amides is 1. The van der Waals surface area contributed by atoms with Crippen LogP contribution in [-0.4, -0.2) is 43.7 Å². The molecule has 4 heterocycles. The second-order valence-electron chi connectivity index (χ2n) is 7.39. The number of carbonyl (C=O) groups excluding carboxylic acids is 1. The molecule has 0 unspecified atom stereocenters. The molecule has 0 radical (unpaired) electrons. The average Bonchev–Trinajstić information content (AvgIpc) is 3.11. The third-order valence-electron chi connectivity index (χ3n) is 5.19. The standard InChI is InChI=1S/C21H25N7O/c1-15-12-16(2)28(26-15)19-5-9-23-21(25-19)27-10-6-18(7-11-27)20(29)24-14-17-4-3-8-22-13-17/h3-5,8-9,12-13,18H,6-7,10-11,14H2,1-2H3,(H,24,29). The summed E-state index contributed by atoms with van der Waals surface area (Å²) in [6.45, 7) is 6.00. The van der Waals surface area contributed by atoms with E-state index in [0.29, 0.717) is 12.5 Å². The number of nitrogens with one attached hydrogen (secondary N) is 1. The fourth-order valence-electron chi connectivity index (χ4n) is 3.65. The topological polar surface area (TPSA) is 88.8 Å². The van der Waals surface area contributed by atoms with E-state index < -0.39 is 0 Å². The maximum atomic E-state index is 12.5. The molecule has 1 N–H and O–H groups in total. The van der Waals surface area contributed by atoms with Crippen LogP contribution in [-0.2, 0) is 11.3 Å². The summed E-state index contributed by atoms with van der Waals surface area (Å²) in [6.07, 6.45) is 6.84. The normalized spacial score (nSPS) is 14.8. The van der Waals surface area contributed by atoms with Crippen LogP contribution in [0.15, 0.2) is 42.9 Å². The second-order valence-corrected chi connectivity index (χ2v) is 7.39. The summed E-state index contributed by atoms with van der Waals surface area (Å²) in [5.41, 5.74) is 3.00. The molecule has 0 aliphatic carbocycles. The van der Waals surface area contributed by atoms with Gasteiger partial charge in [-0.15, -0.1) is 0 Å². The Morgan fingerprint density at radius 2 is 2.03 bits per heavy atom. The number of pyridine rings is 1. The van der Waals surface area contributed by atoms with Gasteiger partial charge in [0.15, 0.2) is 5.82 Å². The highest BCUT2D eigenvalue weighted by Crippen LogP contribution is 2.22. The molecule has 8 heteroatoms. The SMILES string of the molecule is Cc1cc(C)n(-c2ccnc(N3CCC(C(=O)NCc4cccnc4)CC3)n2)n1. The number of hydrogen-bond donors (Lipinski definition) is 1. The Morgan fingerprint density at radius 3 is 2.72 bits per heavy atom. The smallest absolute Gasteiger partial charge is 0.227 e. The molecule has 3 aromatic rings. The molecular weight excluding hydrogens is 366 g/mol. The lowest BCUT2D eigenvalue weighted by Gasteiger charge is -2.31. The third-order valence-corrected chi connectivity index (χ3v) is 5.19. The molecule has 4 rings (SSSR count). The Hall–Kier alpha value is -3.29. The van der Waals surface area contributed by atoms with Crippen LogP contribution in [0.25, 0.3) is 5.82 Å². The summed E-state index contributed by atoms with van der Waals surface area (Å²) >= 11 is 0. The summed E-state index contributed by atoms with van der Waals surface area (Å²) in [7, 11) is 0. The van der Waals surface area contributed by atoms with Gasteiger partial charge in [0.1, 0.15) is 0 Å². The molecule has 0 bridgehead atoms. The van der Waals surface area contributed by atoms with Gasteiger partial charge in [0, 0.05) is 55.9 Å². The van der Waals surface area contributed by atoms with E-state index in [-0.39, 0.29) is 11.8 Å². The van der Waals surface area contributed by atoms with E-state index in [9.17, 15) is 4.79 Å². The molecule has 1 saturated heterocycles. The second kappa shape index (κ2) is 8.38. The van der Waals surface area contributed by atoms with Crippen molar-refractivity contribution in [3.8, 4) is 5.82 Å². The Bertz CT molecular complexity index is 978. The summed E-state index contributed by atoms with van der Waals surface area (Å²) in [4.78, 5) is 27.8. The molecule has 1 aliphatic rings. The van der Waals surface area contributed by atoms with E-state index in [1.165, 1.54) is 0 Å². The van der Waals surface area contributed by atoms with Gasteiger partial charge in [-0.05, 0) is 44.4 Å². The first-order chi connectivity index (χ1) is 14.1. The van der Waals surface area contributed by atoms with Crippen molar-refractivity contribution < 1.29 is 4.79 Å². The maximum Gasteiger partial charge on any atom is 0.227 e. The minimum atomic E-state index is 0.0158. The third kappa shape index (κ3) is 4.42. The average molecular weight is 391 g/mol. The molecule has 1 fully saturated rings. The fraction of sp³-hybridized carbons (Fsp3) is 0.381. The zero-order valence-electron chi connectivity index (χ0n) is 16.7. The predicted molar refractivity (Wildman–Crippen MR) is 110 cm³/mol. The van der Waals surface area contributed by atoms with Crippen LogP contribution in [0.2, 0.25) is 0 Å². The highest BCUT2D eigenvalue weighted by atomic mass is 16.1. The van der Waals surface area contributed by atoms with Crippen LogP contribution in [0.1, 0.15) is 29.8 Å². The van der Waals surface area contributed by atoms with Crippen molar-refractivity contribution in [2.75, 3.05) is 18.0 Å². The first-order valence-corrected chi connectivity index (χ1v) is 9.88. The van der Waals surface area contributed by atoms with E-state index in [1.54, 1.807) is 18.6 Å². The monoisotopic (exact) mass is 391 g/mol. The quantitative estimate of drug-likeness (QED) is 0.717. The molecule has 1 amide bonds. The number of aromatic nitrogens is 5. The molecule has 8 nitrogen and oxygen atoms in total. The summed E-state index contributed by atoms with van der Waals surface area (Å²) < 4.78 is 1.83. The van der Waals surface area contributed by atoms with Crippen molar-refractivity contribution in [3.63, 3.8) is 0 Å². The molecule has 3 aromatic heterocycles. The highest BCUT2D eigenvalue weighted by molar-refractivity contribution is 5.78. The minimum Gasteiger partial charge on any atom is -0.352 e. The summed E-state index contributed by atoms with van der Waals surface area (Å²) in [5, 5.41) is 7.52. The number of anilines is 1. The van der Waals surface area contributed by atoms with Crippen molar-refractivity contribution in [3.05, 3.63) is 59.8 Å². The maximum absolute atomic E-state index is 12.5. The van der Waals surface area contributed by atoms with Gasteiger partial charge in [0.2, 0.25) is 11.9 Å². The number of rotatable bonds is 5. The van der Waals surface area contributed by atoms with Gasteiger partial charge < -0.3 is 10.2 Å². The predicted octanol–water partition coefficient (Wildman–Crippen LogP) is 2.21. The van der Waals surface area contributed by atoms with Crippen molar-refractivity contribution in [2.24, 2.45) is 5.92 Å². The molecule has 0 atom stereocenters. The lowest BCUT2D eigenvalue weighted by molar-refractivity contribution is -0.125. The van der Waals surface area contributed by atoms with Gasteiger partial charge in [-0.25, -0.2) is 9.67 Å². The van der Waals surface area contributed by atoms with Crippen LogP contribution >= 0.6 is 0 Å². The van der Waals surface area contributed by atoms with Crippen LogP contribution in [0.3, 0.4) is 0 Å². The van der Waals surface area contributed by atoms with Gasteiger partial charge in [-0.3, -0.25) is 9.78 Å². The van der Waals surface area contributed by atoms with Crippen molar-refractivity contribution in [1.82, 2.24) is 30.0 Å². The van der Waals surface area contributed by atoms with E-state index >= 15 is 0 Å². The van der Waals surface area contributed by atoms with Gasteiger partial charge in [-0.1, -0.05) is 6.07 Å². The van der Waals surface area contributed by atoms with E-state index in [1.807, 2.05) is 42.8 Å². The van der Waals surface area contributed by atoms with Gasteiger partial charge in [0.05, 0.1) is 5.69 Å². The van der Waals surface area contributed by atoms with Crippen LogP contribution < -0.4 is 10.2 Å². The first-order valence-electron chi connectivity index (χ1n) is 9.88. The number of nitrogens with zero attached hydrogens (tertiary/aromatic N) is 6. The highest BCUT2D eigenvalue weighted by Gasteiger charge is 2.26. The van der Waals surface area contributed by atoms with Crippen LogP contribution in [0, 0.1) is 19.8 Å². The number of piperidine rings is 1. The summed E-state index contributed by atoms with van der Waals surface area (Å²) in [5.74, 6) is 1.56. The first kappa shape index (κ1) is 19.0. The zero-order chi connectivity index (χ0) is 20.2.